The van der Waals surface area contributed by atoms with E-state index in [-0.39, 0.29) is 0 Å². The van der Waals surface area contributed by atoms with Crippen LogP contribution in [0, 0.1) is 6.92 Å². The second-order valence-electron chi connectivity index (χ2n) is 4.15. The summed E-state index contributed by atoms with van der Waals surface area (Å²) in [6, 6.07) is 6.03. The number of ether oxygens (including phenoxy) is 2. The zero-order chi connectivity index (χ0) is 12.4. The lowest BCUT2D eigenvalue weighted by atomic mass is 10.2. The summed E-state index contributed by atoms with van der Waals surface area (Å²) in [5.41, 5.74) is 4.19. The maximum absolute atomic E-state index is 5.35. The molecule has 0 fully saturated rings. The minimum atomic E-state index is 0.326. The number of nitrogens with zero attached hydrogens (tertiary/aromatic N) is 1. The number of fused-ring (bicyclic) bond motifs is 1. The van der Waals surface area contributed by atoms with E-state index < -0.39 is 0 Å². The summed E-state index contributed by atoms with van der Waals surface area (Å²) in [5, 5.41) is 3.41. The van der Waals surface area contributed by atoms with Gasteiger partial charge in [0.2, 0.25) is 6.79 Å². The molecule has 0 unspecified atom stereocenters. The molecule has 0 radical (unpaired) electrons. The molecule has 3 rings (SSSR count). The summed E-state index contributed by atoms with van der Waals surface area (Å²) < 4.78 is 10.6. The van der Waals surface area contributed by atoms with Gasteiger partial charge in [0.1, 0.15) is 0 Å². The maximum Gasteiger partial charge on any atom is 0.231 e. The highest BCUT2D eigenvalue weighted by atomic mass is 32.1. The molecule has 4 nitrogen and oxygen atoms in total. The van der Waals surface area contributed by atoms with Crippen molar-refractivity contribution < 1.29 is 9.47 Å². The zero-order valence-corrected chi connectivity index (χ0v) is 10.9. The molecule has 1 aliphatic heterocycles. The molecule has 2 aromatic rings. The van der Waals surface area contributed by atoms with Crippen LogP contribution in [0.1, 0.15) is 16.1 Å². The molecular formula is C13H14N2O2S. The van der Waals surface area contributed by atoms with Gasteiger partial charge in [-0.2, -0.15) is 0 Å². The molecule has 0 bridgehead atoms. The third-order valence-corrected chi connectivity index (χ3v) is 3.83. The monoisotopic (exact) mass is 262 g/mol. The Labute approximate surface area is 110 Å². The highest BCUT2D eigenvalue weighted by molar-refractivity contribution is 7.09. The van der Waals surface area contributed by atoms with Gasteiger partial charge in [-0.1, -0.05) is 6.07 Å². The Morgan fingerprint density at radius 3 is 3.00 bits per heavy atom. The fraction of sp³-hybridized carbons (Fsp3) is 0.308. The van der Waals surface area contributed by atoms with E-state index in [1.54, 1.807) is 11.3 Å². The molecule has 0 amide bonds. The zero-order valence-electron chi connectivity index (χ0n) is 10.1. The first kappa shape index (κ1) is 11.5. The van der Waals surface area contributed by atoms with Crippen molar-refractivity contribution in [3.63, 3.8) is 0 Å². The average Bonchev–Trinajstić information content (AvgIpc) is 2.98. The van der Waals surface area contributed by atoms with Gasteiger partial charge in [-0.3, -0.25) is 0 Å². The van der Waals surface area contributed by atoms with Crippen molar-refractivity contribution in [2.45, 2.75) is 20.0 Å². The van der Waals surface area contributed by atoms with Crippen molar-refractivity contribution >= 4 is 11.3 Å². The van der Waals surface area contributed by atoms with E-state index in [4.69, 9.17) is 9.47 Å². The van der Waals surface area contributed by atoms with E-state index in [0.29, 0.717) is 6.79 Å². The van der Waals surface area contributed by atoms with E-state index in [0.717, 1.165) is 30.3 Å². The normalized spacial score (nSPS) is 12.9. The van der Waals surface area contributed by atoms with Gasteiger partial charge in [-0.05, 0) is 24.6 Å². The Morgan fingerprint density at radius 1 is 1.28 bits per heavy atom. The van der Waals surface area contributed by atoms with Crippen LogP contribution in [0.3, 0.4) is 0 Å². The van der Waals surface area contributed by atoms with Gasteiger partial charge in [-0.25, -0.2) is 4.98 Å². The van der Waals surface area contributed by atoms with Gasteiger partial charge < -0.3 is 14.8 Å². The summed E-state index contributed by atoms with van der Waals surface area (Å²) in [7, 11) is 0. The van der Waals surface area contributed by atoms with Gasteiger partial charge >= 0.3 is 0 Å². The number of benzene rings is 1. The summed E-state index contributed by atoms with van der Waals surface area (Å²) in [5.74, 6) is 1.67. The number of nitrogens with one attached hydrogen (secondary N) is 1. The van der Waals surface area contributed by atoms with Crippen LogP contribution < -0.4 is 14.8 Å². The molecule has 5 heteroatoms. The SMILES string of the molecule is Cc1ncsc1CNCc1ccc2c(c1)OCO2. The number of thiazole rings is 1. The molecule has 0 spiro atoms. The lowest BCUT2D eigenvalue weighted by Gasteiger charge is -2.05. The minimum Gasteiger partial charge on any atom is -0.454 e. The third-order valence-electron chi connectivity index (χ3n) is 2.90. The molecule has 1 aromatic heterocycles. The van der Waals surface area contributed by atoms with Crippen LogP contribution in [0.25, 0.3) is 0 Å². The highest BCUT2D eigenvalue weighted by Gasteiger charge is 2.12. The first-order valence-corrected chi connectivity index (χ1v) is 6.69. The summed E-state index contributed by atoms with van der Waals surface area (Å²) >= 11 is 1.69. The molecule has 0 aliphatic carbocycles. The number of rotatable bonds is 4. The second kappa shape index (κ2) is 4.96. The van der Waals surface area contributed by atoms with Crippen LogP contribution in [0.15, 0.2) is 23.7 Å². The van der Waals surface area contributed by atoms with Gasteiger partial charge in [0.15, 0.2) is 11.5 Å². The van der Waals surface area contributed by atoms with Crippen LogP contribution in [0.2, 0.25) is 0 Å². The van der Waals surface area contributed by atoms with Gasteiger partial charge in [-0.15, -0.1) is 11.3 Å². The number of aromatic nitrogens is 1. The second-order valence-corrected chi connectivity index (χ2v) is 5.09. The molecule has 18 heavy (non-hydrogen) atoms. The minimum absolute atomic E-state index is 0.326. The van der Waals surface area contributed by atoms with Gasteiger partial charge in [0, 0.05) is 18.0 Å². The quantitative estimate of drug-likeness (QED) is 0.919. The van der Waals surface area contributed by atoms with Crippen molar-refractivity contribution in [3.8, 4) is 11.5 Å². The molecule has 1 N–H and O–H groups in total. The molecular weight excluding hydrogens is 248 g/mol. The molecule has 0 atom stereocenters. The van der Waals surface area contributed by atoms with Crippen molar-refractivity contribution in [1.29, 1.82) is 0 Å². The van der Waals surface area contributed by atoms with E-state index in [9.17, 15) is 0 Å². The van der Waals surface area contributed by atoms with Gasteiger partial charge in [0.25, 0.3) is 0 Å². The number of hydrogen-bond acceptors (Lipinski definition) is 5. The Morgan fingerprint density at radius 2 is 2.17 bits per heavy atom. The lowest BCUT2D eigenvalue weighted by Crippen LogP contribution is -2.12. The molecule has 0 saturated heterocycles. The van der Waals surface area contributed by atoms with E-state index in [1.807, 2.05) is 24.6 Å². The first-order valence-electron chi connectivity index (χ1n) is 5.81. The Balaban J connectivity index is 1.59. The summed E-state index contributed by atoms with van der Waals surface area (Å²) in [6.07, 6.45) is 0. The Bertz CT molecular complexity index is 554. The van der Waals surface area contributed by atoms with Crippen LogP contribution >= 0.6 is 11.3 Å². The van der Waals surface area contributed by atoms with Crippen molar-refractivity contribution in [1.82, 2.24) is 10.3 Å². The largest absolute Gasteiger partial charge is 0.454 e. The number of hydrogen-bond donors (Lipinski definition) is 1. The van der Waals surface area contributed by atoms with Crippen molar-refractivity contribution in [2.24, 2.45) is 0 Å². The summed E-state index contributed by atoms with van der Waals surface area (Å²) in [4.78, 5) is 5.52. The third kappa shape index (κ3) is 2.32. The molecule has 2 heterocycles. The predicted octanol–water partition coefficient (Wildman–Crippen LogP) is 2.47. The fourth-order valence-corrected chi connectivity index (χ4v) is 2.61. The lowest BCUT2D eigenvalue weighted by molar-refractivity contribution is 0.174. The topological polar surface area (TPSA) is 43.4 Å². The van der Waals surface area contributed by atoms with E-state index in [2.05, 4.69) is 16.4 Å². The number of aryl methyl sites for hydroxylation is 1. The molecule has 94 valence electrons. The van der Waals surface area contributed by atoms with E-state index in [1.165, 1.54) is 10.4 Å². The van der Waals surface area contributed by atoms with E-state index >= 15 is 0 Å². The van der Waals surface area contributed by atoms with Crippen LogP contribution in [0.4, 0.5) is 0 Å². The average molecular weight is 262 g/mol. The maximum atomic E-state index is 5.35. The van der Waals surface area contributed by atoms with Crippen LogP contribution in [-0.4, -0.2) is 11.8 Å². The summed E-state index contributed by atoms with van der Waals surface area (Å²) in [6.45, 7) is 4.03. The molecule has 0 saturated carbocycles. The standard InChI is InChI=1S/C13H14N2O2S/c1-9-13(18-7-15-9)6-14-5-10-2-3-11-12(4-10)17-8-16-11/h2-4,7,14H,5-6,8H2,1H3. The van der Waals surface area contributed by atoms with Gasteiger partial charge in [0.05, 0.1) is 11.2 Å². The first-order chi connectivity index (χ1) is 8.83. The van der Waals surface area contributed by atoms with Crippen molar-refractivity contribution in [3.05, 3.63) is 39.8 Å². The highest BCUT2D eigenvalue weighted by Crippen LogP contribution is 2.32. The van der Waals surface area contributed by atoms with Crippen molar-refractivity contribution in [2.75, 3.05) is 6.79 Å². The predicted molar refractivity (Wildman–Crippen MR) is 70.0 cm³/mol. The molecule has 1 aromatic carbocycles. The molecule has 1 aliphatic rings. The Kier molecular flexibility index (Phi) is 3.17. The Hall–Kier alpha value is -1.59. The fourth-order valence-electron chi connectivity index (χ4n) is 1.87. The van der Waals surface area contributed by atoms with Crippen LogP contribution in [-0.2, 0) is 13.1 Å². The smallest absolute Gasteiger partial charge is 0.231 e. The van der Waals surface area contributed by atoms with Crippen LogP contribution in [0.5, 0.6) is 11.5 Å².